The molecular formula is C34H44O5. The molecule has 1 aromatic rings. The van der Waals surface area contributed by atoms with E-state index in [2.05, 4.69) is 20.8 Å². The lowest BCUT2D eigenvalue weighted by Crippen LogP contribution is -2.49. The summed E-state index contributed by atoms with van der Waals surface area (Å²) in [6, 6.07) is 8.75. The largest absolute Gasteiger partial charge is 0.507 e. The van der Waals surface area contributed by atoms with Crippen molar-refractivity contribution in [1.82, 2.24) is 0 Å². The number of ether oxygens (including phenoxy) is 1. The van der Waals surface area contributed by atoms with Gasteiger partial charge in [0.15, 0.2) is 11.6 Å². The van der Waals surface area contributed by atoms with Crippen LogP contribution in [0.15, 0.2) is 70.5 Å². The van der Waals surface area contributed by atoms with Gasteiger partial charge in [-0.1, -0.05) is 74.4 Å². The molecule has 0 unspecified atom stereocenters. The maximum absolute atomic E-state index is 14.7. The van der Waals surface area contributed by atoms with Crippen LogP contribution in [0.25, 0.3) is 5.76 Å². The quantitative estimate of drug-likeness (QED) is 0.168. The third-order valence-corrected chi connectivity index (χ3v) is 9.27. The fourth-order valence-electron chi connectivity index (χ4n) is 6.62. The SMILES string of the molecule is CC(C)=CCC1(CC=C(C)C)C(=O)C([C@H]2C[C@]3(C(C)(C)C)CC[C@@]2(C)O3)=C(O)/C(=C(\O)c2ccccc2)C1=O. The van der Waals surface area contributed by atoms with Gasteiger partial charge >= 0.3 is 0 Å². The second-order valence-electron chi connectivity index (χ2n) is 13.5. The molecular weight excluding hydrogens is 488 g/mol. The first-order valence-electron chi connectivity index (χ1n) is 14.1. The summed E-state index contributed by atoms with van der Waals surface area (Å²) in [6.07, 6.45) is 6.42. The molecule has 3 aliphatic rings. The molecule has 2 heterocycles. The molecule has 0 aromatic heterocycles. The summed E-state index contributed by atoms with van der Waals surface area (Å²) in [6.45, 7) is 16.3. The van der Waals surface area contributed by atoms with Gasteiger partial charge < -0.3 is 14.9 Å². The van der Waals surface area contributed by atoms with E-state index < -0.39 is 34.1 Å². The zero-order valence-corrected chi connectivity index (χ0v) is 24.8. The van der Waals surface area contributed by atoms with Crippen LogP contribution in [0.1, 0.15) is 93.1 Å². The summed E-state index contributed by atoms with van der Waals surface area (Å²) in [7, 11) is 0. The number of ketones is 2. The number of benzene rings is 1. The van der Waals surface area contributed by atoms with Crippen LogP contribution < -0.4 is 0 Å². The van der Waals surface area contributed by atoms with Crippen LogP contribution in [0.5, 0.6) is 0 Å². The summed E-state index contributed by atoms with van der Waals surface area (Å²) in [5, 5.41) is 23.3. The third-order valence-electron chi connectivity index (χ3n) is 9.27. The molecule has 2 N–H and O–H groups in total. The first kappa shape index (κ1) is 29.1. The monoisotopic (exact) mass is 532 g/mol. The average Bonchev–Trinajstić information content (AvgIpc) is 3.37. The number of rotatable bonds is 6. The number of carbonyl (C=O) groups excluding carboxylic acids is 2. The lowest BCUT2D eigenvalue weighted by Gasteiger charge is -2.42. The molecule has 2 bridgehead atoms. The van der Waals surface area contributed by atoms with Crippen LogP contribution >= 0.6 is 0 Å². The Morgan fingerprint density at radius 2 is 1.54 bits per heavy atom. The van der Waals surface area contributed by atoms with Crippen LogP contribution in [0.4, 0.5) is 0 Å². The number of hydrogen-bond donors (Lipinski definition) is 2. The van der Waals surface area contributed by atoms with Gasteiger partial charge in [0.2, 0.25) is 0 Å². The van der Waals surface area contributed by atoms with Crippen molar-refractivity contribution in [3.05, 3.63) is 76.1 Å². The first-order valence-corrected chi connectivity index (χ1v) is 14.1. The summed E-state index contributed by atoms with van der Waals surface area (Å²) >= 11 is 0. The second-order valence-corrected chi connectivity index (χ2v) is 13.5. The van der Waals surface area contributed by atoms with Gasteiger partial charge in [-0.2, -0.15) is 0 Å². The van der Waals surface area contributed by atoms with Crippen molar-refractivity contribution in [1.29, 1.82) is 0 Å². The van der Waals surface area contributed by atoms with E-state index in [-0.39, 0.29) is 40.9 Å². The molecule has 5 nitrogen and oxygen atoms in total. The summed E-state index contributed by atoms with van der Waals surface area (Å²) < 4.78 is 6.76. The maximum Gasteiger partial charge on any atom is 0.184 e. The van der Waals surface area contributed by atoms with Crippen LogP contribution in [-0.2, 0) is 14.3 Å². The maximum atomic E-state index is 14.7. The van der Waals surface area contributed by atoms with Crippen molar-refractivity contribution in [2.45, 2.75) is 98.7 Å². The van der Waals surface area contributed by atoms with Gasteiger partial charge in [0.1, 0.15) is 22.5 Å². The number of allylic oxidation sites excluding steroid dienone is 5. The zero-order chi connectivity index (χ0) is 29.0. The molecule has 0 radical (unpaired) electrons. The predicted molar refractivity (Wildman–Crippen MR) is 155 cm³/mol. The molecule has 0 spiro atoms. The fourth-order valence-corrected chi connectivity index (χ4v) is 6.62. The van der Waals surface area contributed by atoms with Crippen molar-refractivity contribution in [3.63, 3.8) is 0 Å². The van der Waals surface area contributed by atoms with Crippen molar-refractivity contribution in [2.24, 2.45) is 16.7 Å². The van der Waals surface area contributed by atoms with Gasteiger partial charge in [0.25, 0.3) is 0 Å². The van der Waals surface area contributed by atoms with E-state index in [4.69, 9.17) is 4.74 Å². The highest BCUT2D eigenvalue weighted by Crippen LogP contribution is 2.63. The van der Waals surface area contributed by atoms with Crippen molar-refractivity contribution < 1.29 is 24.5 Å². The lowest BCUT2D eigenvalue weighted by molar-refractivity contribution is -0.138. The standard InChI is InChI=1S/C34H44O5/c1-21(2)14-16-33(17-15-22(3)4)29(37)25(24-20-34(31(5,6)7)19-18-32(24,8)39-34)28(36)26(30(33)38)27(35)23-12-10-9-11-13-23/h9-15,24,35-36H,16-20H2,1-8H3/b27-26+/t24-,32-,34+/m1/s1. The van der Waals surface area contributed by atoms with E-state index in [0.717, 1.165) is 24.0 Å². The lowest BCUT2D eigenvalue weighted by atomic mass is 9.58. The van der Waals surface area contributed by atoms with E-state index in [1.807, 2.05) is 52.8 Å². The normalized spacial score (nSPS) is 29.5. The zero-order valence-electron chi connectivity index (χ0n) is 24.8. The molecule has 0 saturated carbocycles. The molecule has 3 atom stereocenters. The van der Waals surface area contributed by atoms with Crippen molar-refractivity contribution >= 4 is 17.3 Å². The number of carbonyl (C=O) groups is 2. The molecule has 2 aliphatic heterocycles. The van der Waals surface area contributed by atoms with Crippen LogP contribution in [0.2, 0.25) is 0 Å². The molecule has 39 heavy (non-hydrogen) atoms. The Kier molecular flexibility index (Phi) is 7.40. The third kappa shape index (κ3) is 4.73. The van der Waals surface area contributed by atoms with E-state index in [9.17, 15) is 19.8 Å². The van der Waals surface area contributed by atoms with E-state index in [1.54, 1.807) is 24.3 Å². The Bertz CT molecular complexity index is 1270. The highest BCUT2D eigenvalue weighted by molar-refractivity contribution is 6.26. The van der Waals surface area contributed by atoms with Crippen molar-refractivity contribution in [2.75, 3.05) is 0 Å². The number of fused-ring (bicyclic) bond motifs is 2. The van der Waals surface area contributed by atoms with E-state index >= 15 is 0 Å². The minimum Gasteiger partial charge on any atom is -0.507 e. The van der Waals surface area contributed by atoms with Crippen LogP contribution in [-0.4, -0.2) is 33.0 Å². The second kappa shape index (κ2) is 9.92. The van der Waals surface area contributed by atoms with Gasteiger partial charge in [-0.3, -0.25) is 9.59 Å². The first-order chi connectivity index (χ1) is 18.1. The van der Waals surface area contributed by atoms with Crippen LogP contribution in [0.3, 0.4) is 0 Å². The predicted octanol–water partition coefficient (Wildman–Crippen LogP) is 7.99. The topological polar surface area (TPSA) is 83.8 Å². The van der Waals surface area contributed by atoms with Crippen molar-refractivity contribution in [3.8, 4) is 0 Å². The van der Waals surface area contributed by atoms with E-state index in [1.165, 1.54) is 0 Å². The van der Waals surface area contributed by atoms with Gasteiger partial charge in [0.05, 0.1) is 11.2 Å². The number of Topliss-reactive ketones (excluding diaryl/α,β-unsaturated/α-hetero) is 2. The number of hydrogen-bond acceptors (Lipinski definition) is 5. The molecule has 2 saturated heterocycles. The Balaban J connectivity index is 2.01. The molecule has 2 fully saturated rings. The Labute approximate surface area is 233 Å². The van der Waals surface area contributed by atoms with Crippen LogP contribution in [0, 0.1) is 16.7 Å². The molecule has 1 aromatic carbocycles. The van der Waals surface area contributed by atoms with Gasteiger partial charge in [-0.25, -0.2) is 0 Å². The Hall–Kier alpha value is -2.92. The summed E-state index contributed by atoms with van der Waals surface area (Å²) in [4.78, 5) is 29.1. The molecule has 5 heteroatoms. The molecule has 4 rings (SSSR count). The van der Waals surface area contributed by atoms with E-state index in [0.29, 0.717) is 12.0 Å². The summed E-state index contributed by atoms with van der Waals surface area (Å²) in [5.41, 5.74) is -0.272. The fraction of sp³-hybridized carbons (Fsp3) is 0.529. The Morgan fingerprint density at radius 3 is 2.03 bits per heavy atom. The summed E-state index contributed by atoms with van der Waals surface area (Å²) in [5.74, 6) is -1.99. The molecule has 0 amide bonds. The minimum absolute atomic E-state index is 0.170. The van der Waals surface area contributed by atoms with Gasteiger partial charge in [-0.05, 0) is 72.1 Å². The smallest absolute Gasteiger partial charge is 0.184 e. The van der Waals surface area contributed by atoms with Gasteiger partial charge in [0, 0.05) is 17.1 Å². The highest BCUT2D eigenvalue weighted by atomic mass is 16.5. The minimum atomic E-state index is -1.47. The molecule has 1 aliphatic carbocycles. The number of aliphatic hydroxyl groups excluding tert-OH is 2. The Morgan fingerprint density at radius 1 is 0.974 bits per heavy atom. The molecule has 210 valence electrons. The number of aliphatic hydroxyl groups is 2. The highest BCUT2D eigenvalue weighted by Gasteiger charge is 2.66. The average molecular weight is 533 g/mol. The van der Waals surface area contributed by atoms with Gasteiger partial charge in [-0.15, -0.1) is 0 Å².